The topological polar surface area (TPSA) is 72.1 Å². The number of ketones is 1. The number of hydrogen-bond acceptors (Lipinski definition) is 4. The molecule has 0 spiro atoms. The maximum Gasteiger partial charge on any atom is 0.419 e. The molecule has 1 N–H and O–H groups in total. The van der Waals surface area contributed by atoms with Crippen LogP contribution in [0.4, 0.5) is 13.2 Å². The Morgan fingerprint density at radius 3 is 2.63 bits per heavy atom. The predicted octanol–water partition coefficient (Wildman–Crippen LogP) is 4.05. The third-order valence-electron chi connectivity index (χ3n) is 4.60. The molecule has 1 atom stereocenters. The van der Waals surface area contributed by atoms with Crippen molar-refractivity contribution in [2.45, 2.75) is 44.2 Å². The van der Waals surface area contributed by atoms with Gasteiger partial charge in [-0.1, -0.05) is 13.0 Å². The van der Waals surface area contributed by atoms with Crippen LogP contribution in [-0.4, -0.2) is 22.9 Å². The molecular weight excluding hydrogens is 361 g/mol. The first-order valence-electron chi connectivity index (χ1n) is 8.58. The summed E-state index contributed by atoms with van der Waals surface area (Å²) in [5, 5.41) is 0. The minimum atomic E-state index is -4.52. The number of methoxy groups -OCH3 is 1. The van der Waals surface area contributed by atoms with Crippen LogP contribution in [0.25, 0.3) is 0 Å². The first-order chi connectivity index (χ1) is 12.7. The Balaban J connectivity index is 1.80. The van der Waals surface area contributed by atoms with Crippen molar-refractivity contribution >= 4 is 5.78 Å². The number of Topliss-reactive ketones (excluding diaryl/α,β-unsaturated/α-hetero) is 1. The van der Waals surface area contributed by atoms with Crippen LogP contribution in [0, 0.1) is 0 Å². The van der Waals surface area contributed by atoms with Crippen LogP contribution in [0.3, 0.4) is 0 Å². The Kier molecular flexibility index (Phi) is 5.08. The highest BCUT2D eigenvalue weighted by Gasteiger charge is 2.34. The van der Waals surface area contributed by atoms with Gasteiger partial charge in [-0.15, -0.1) is 0 Å². The Morgan fingerprint density at radius 2 is 2.04 bits per heavy atom. The lowest BCUT2D eigenvalue weighted by Gasteiger charge is -2.16. The van der Waals surface area contributed by atoms with Crippen molar-refractivity contribution < 1.29 is 22.7 Å². The van der Waals surface area contributed by atoms with Crippen LogP contribution in [0.2, 0.25) is 0 Å². The average molecular weight is 380 g/mol. The zero-order valence-electron chi connectivity index (χ0n) is 14.9. The maximum atomic E-state index is 13.0. The molecule has 2 aromatic rings. The summed E-state index contributed by atoms with van der Waals surface area (Å²) in [6.07, 6.45) is -2.63. The molecule has 0 bridgehead atoms. The molecule has 0 aliphatic heterocycles. The molecule has 144 valence electrons. The Labute approximate surface area is 153 Å². The molecule has 1 aromatic heterocycles. The van der Waals surface area contributed by atoms with E-state index in [1.807, 2.05) is 0 Å². The smallest absolute Gasteiger partial charge is 0.419 e. The summed E-state index contributed by atoms with van der Waals surface area (Å²) in [6.45, 7) is 1.73. The second-order valence-electron chi connectivity index (χ2n) is 6.78. The van der Waals surface area contributed by atoms with Gasteiger partial charge >= 0.3 is 6.18 Å². The van der Waals surface area contributed by atoms with E-state index >= 15 is 0 Å². The van der Waals surface area contributed by atoms with E-state index in [0.717, 1.165) is 25.0 Å². The molecule has 0 amide bonds. The number of nitrogens with one attached hydrogen (secondary N) is 1. The van der Waals surface area contributed by atoms with Crippen LogP contribution < -0.4 is 10.3 Å². The largest absolute Gasteiger partial charge is 0.496 e. The number of halogens is 3. The highest BCUT2D eigenvalue weighted by Crippen LogP contribution is 2.39. The van der Waals surface area contributed by atoms with Gasteiger partial charge in [0.1, 0.15) is 17.3 Å². The molecule has 1 unspecified atom stereocenters. The molecule has 1 heterocycles. The minimum absolute atomic E-state index is 0.0229. The Bertz CT molecular complexity index is 917. The summed E-state index contributed by atoms with van der Waals surface area (Å²) in [6, 6.07) is 4.74. The van der Waals surface area contributed by atoms with E-state index in [1.54, 1.807) is 6.92 Å². The molecule has 27 heavy (non-hydrogen) atoms. The Morgan fingerprint density at radius 1 is 1.33 bits per heavy atom. The van der Waals surface area contributed by atoms with Crippen LogP contribution in [0.5, 0.6) is 5.75 Å². The van der Waals surface area contributed by atoms with Gasteiger partial charge in [-0.2, -0.15) is 13.2 Å². The van der Waals surface area contributed by atoms with Crippen molar-refractivity contribution in [2.24, 2.45) is 0 Å². The zero-order chi connectivity index (χ0) is 19.8. The molecule has 8 heteroatoms. The summed E-state index contributed by atoms with van der Waals surface area (Å²) < 4.78 is 43.8. The normalized spacial score (nSPS) is 15.4. The number of nitrogens with zero attached hydrogens (tertiary/aromatic N) is 1. The van der Waals surface area contributed by atoms with Crippen molar-refractivity contribution in [2.75, 3.05) is 7.11 Å². The van der Waals surface area contributed by atoms with Gasteiger partial charge in [-0.05, 0) is 36.5 Å². The van der Waals surface area contributed by atoms with Gasteiger partial charge in [0, 0.05) is 18.4 Å². The standard InChI is InChI=1S/C19H19F3N2O3/c1-10(12-5-6-13(19(20,21)22)16(8-12)27-2)7-15(25)14-9-17(26)24-18(23-14)11-3-4-11/h5-6,8-11H,3-4,7H2,1-2H3,(H,23,24,26). The first-order valence-corrected chi connectivity index (χ1v) is 8.58. The van der Waals surface area contributed by atoms with Gasteiger partial charge in [0.2, 0.25) is 0 Å². The van der Waals surface area contributed by atoms with Gasteiger partial charge < -0.3 is 9.72 Å². The molecule has 1 saturated carbocycles. The molecule has 5 nitrogen and oxygen atoms in total. The fourth-order valence-electron chi connectivity index (χ4n) is 2.92. The summed E-state index contributed by atoms with van der Waals surface area (Å²) >= 11 is 0. The van der Waals surface area contributed by atoms with Gasteiger partial charge in [0.25, 0.3) is 5.56 Å². The summed E-state index contributed by atoms with van der Waals surface area (Å²) in [4.78, 5) is 31.2. The van der Waals surface area contributed by atoms with Gasteiger partial charge in [0.05, 0.1) is 12.7 Å². The van der Waals surface area contributed by atoms with Gasteiger partial charge in [-0.25, -0.2) is 4.98 Å². The number of H-pyrrole nitrogens is 1. The number of rotatable bonds is 6. The molecular formula is C19H19F3N2O3. The van der Waals surface area contributed by atoms with E-state index in [0.29, 0.717) is 11.4 Å². The molecule has 1 aromatic carbocycles. The number of aromatic amines is 1. The van der Waals surface area contributed by atoms with E-state index in [-0.39, 0.29) is 41.0 Å². The number of aromatic nitrogens is 2. The quantitative estimate of drug-likeness (QED) is 0.768. The van der Waals surface area contributed by atoms with Gasteiger partial charge in [-0.3, -0.25) is 9.59 Å². The number of benzene rings is 1. The first kappa shape index (κ1) is 19.1. The average Bonchev–Trinajstić information content (AvgIpc) is 3.44. The van der Waals surface area contributed by atoms with Crippen LogP contribution in [-0.2, 0) is 6.18 Å². The maximum absolute atomic E-state index is 13.0. The lowest BCUT2D eigenvalue weighted by Crippen LogP contribution is -2.16. The van der Waals surface area contributed by atoms with Crippen LogP contribution in [0.1, 0.15) is 65.5 Å². The van der Waals surface area contributed by atoms with E-state index in [9.17, 15) is 22.8 Å². The highest BCUT2D eigenvalue weighted by atomic mass is 19.4. The molecule has 0 saturated heterocycles. The van der Waals surface area contributed by atoms with Crippen molar-refractivity contribution in [1.29, 1.82) is 0 Å². The van der Waals surface area contributed by atoms with E-state index in [2.05, 4.69) is 9.97 Å². The van der Waals surface area contributed by atoms with Crippen molar-refractivity contribution in [3.8, 4) is 5.75 Å². The lowest BCUT2D eigenvalue weighted by atomic mass is 9.93. The fraction of sp³-hybridized carbons (Fsp3) is 0.421. The SMILES string of the molecule is COc1cc(C(C)CC(=O)c2cc(=O)[nH]c(C3CC3)n2)ccc1C(F)(F)F. The van der Waals surface area contributed by atoms with Gasteiger partial charge in [0.15, 0.2) is 5.78 Å². The number of carbonyl (C=O) groups is 1. The lowest BCUT2D eigenvalue weighted by molar-refractivity contribution is -0.138. The molecule has 0 radical (unpaired) electrons. The summed E-state index contributed by atoms with van der Waals surface area (Å²) in [7, 11) is 1.17. The number of hydrogen-bond donors (Lipinski definition) is 1. The van der Waals surface area contributed by atoms with Crippen molar-refractivity contribution in [3.05, 3.63) is 57.3 Å². The molecule has 1 fully saturated rings. The van der Waals surface area contributed by atoms with E-state index < -0.39 is 11.7 Å². The zero-order valence-corrected chi connectivity index (χ0v) is 14.9. The molecule has 3 rings (SSSR count). The number of alkyl halides is 3. The third kappa shape index (κ3) is 4.37. The predicted molar refractivity (Wildman–Crippen MR) is 92.2 cm³/mol. The molecule has 1 aliphatic rings. The number of ether oxygens (including phenoxy) is 1. The number of carbonyl (C=O) groups excluding carboxylic acids is 1. The minimum Gasteiger partial charge on any atom is -0.496 e. The van der Waals surface area contributed by atoms with Crippen molar-refractivity contribution in [1.82, 2.24) is 9.97 Å². The second kappa shape index (κ2) is 7.17. The van der Waals surface area contributed by atoms with Crippen LogP contribution >= 0.6 is 0 Å². The fourth-order valence-corrected chi connectivity index (χ4v) is 2.92. The van der Waals surface area contributed by atoms with E-state index in [1.165, 1.54) is 19.2 Å². The van der Waals surface area contributed by atoms with E-state index in [4.69, 9.17) is 4.74 Å². The summed E-state index contributed by atoms with van der Waals surface area (Å²) in [5.41, 5.74) is -0.608. The molecule has 1 aliphatic carbocycles. The second-order valence-corrected chi connectivity index (χ2v) is 6.78. The highest BCUT2D eigenvalue weighted by molar-refractivity contribution is 5.94. The monoisotopic (exact) mass is 380 g/mol. The summed E-state index contributed by atoms with van der Waals surface area (Å²) in [5.74, 6) is -0.255. The van der Waals surface area contributed by atoms with Crippen LogP contribution in [0.15, 0.2) is 29.1 Å². The third-order valence-corrected chi connectivity index (χ3v) is 4.60. The van der Waals surface area contributed by atoms with Crippen molar-refractivity contribution in [3.63, 3.8) is 0 Å². The Hall–Kier alpha value is -2.64.